The van der Waals surface area contributed by atoms with Crippen molar-refractivity contribution in [1.82, 2.24) is 0 Å². The fraction of sp³-hybridized carbons (Fsp3) is 0.333. The number of hydrogen-bond acceptors (Lipinski definition) is 4. The molecule has 1 aromatic carbocycles. The molecule has 1 rings (SSSR count). The second-order valence-corrected chi connectivity index (χ2v) is 3.99. The SMILES string of the molecule is CCOC(=O)C(=O)c1cc(C(F)(F)F)cc(Cl)c1OC. The van der Waals surface area contributed by atoms with Gasteiger partial charge in [-0.1, -0.05) is 11.6 Å². The third kappa shape index (κ3) is 3.41. The van der Waals surface area contributed by atoms with Crippen molar-refractivity contribution in [3.05, 3.63) is 28.3 Å². The molecule has 1 aromatic rings. The van der Waals surface area contributed by atoms with Crippen molar-refractivity contribution < 1.29 is 32.2 Å². The standard InChI is InChI=1S/C12H10ClF3O4/c1-3-20-11(18)9(17)7-4-6(12(14,15)16)5-8(13)10(7)19-2/h4-5H,3H2,1-2H3. The van der Waals surface area contributed by atoms with E-state index in [-0.39, 0.29) is 12.4 Å². The Labute approximate surface area is 117 Å². The van der Waals surface area contributed by atoms with E-state index < -0.39 is 34.1 Å². The smallest absolute Gasteiger partial charge is 0.416 e. The molecule has 0 heterocycles. The molecule has 20 heavy (non-hydrogen) atoms. The van der Waals surface area contributed by atoms with Crippen molar-refractivity contribution in [3.63, 3.8) is 0 Å². The molecule has 0 atom stereocenters. The van der Waals surface area contributed by atoms with Gasteiger partial charge in [-0.3, -0.25) is 4.79 Å². The Hall–Kier alpha value is -1.76. The van der Waals surface area contributed by atoms with E-state index >= 15 is 0 Å². The molecule has 0 saturated carbocycles. The summed E-state index contributed by atoms with van der Waals surface area (Å²) in [5.41, 5.74) is -1.75. The summed E-state index contributed by atoms with van der Waals surface area (Å²) < 4.78 is 47.2. The number of rotatable bonds is 4. The molecule has 110 valence electrons. The van der Waals surface area contributed by atoms with Crippen LogP contribution in [0.25, 0.3) is 0 Å². The predicted molar refractivity (Wildman–Crippen MR) is 64.0 cm³/mol. The topological polar surface area (TPSA) is 52.6 Å². The highest BCUT2D eigenvalue weighted by molar-refractivity contribution is 6.42. The van der Waals surface area contributed by atoms with Gasteiger partial charge in [-0.05, 0) is 19.1 Å². The molecule has 0 amide bonds. The second kappa shape index (κ2) is 6.13. The molecule has 0 aliphatic heterocycles. The lowest BCUT2D eigenvalue weighted by molar-refractivity contribution is -0.139. The van der Waals surface area contributed by atoms with Crippen LogP contribution in [0.15, 0.2) is 12.1 Å². The summed E-state index contributed by atoms with van der Waals surface area (Å²) in [6, 6.07) is 1.12. The van der Waals surface area contributed by atoms with Crippen molar-refractivity contribution in [1.29, 1.82) is 0 Å². The van der Waals surface area contributed by atoms with Gasteiger partial charge in [0.25, 0.3) is 5.78 Å². The van der Waals surface area contributed by atoms with Crippen molar-refractivity contribution in [3.8, 4) is 5.75 Å². The first-order valence-electron chi connectivity index (χ1n) is 5.38. The van der Waals surface area contributed by atoms with E-state index in [0.717, 1.165) is 7.11 Å². The summed E-state index contributed by atoms with van der Waals surface area (Å²) in [7, 11) is 1.12. The zero-order chi connectivity index (χ0) is 15.5. The molecule has 0 radical (unpaired) electrons. The number of benzene rings is 1. The van der Waals surface area contributed by atoms with Gasteiger partial charge < -0.3 is 9.47 Å². The number of hydrogen-bond donors (Lipinski definition) is 0. The molecule has 0 aliphatic rings. The van der Waals surface area contributed by atoms with Crippen molar-refractivity contribution >= 4 is 23.4 Å². The zero-order valence-electron chi connectivity index (χ0n) is 10.5. The molecule has 0 unspecified atom stereocenters. The first-order chi connectivity index (χ1) is 9.22. The summed E-state index contributed by atoms with van der Waals surface area (Å²) >= 11 is 5.64. The lowest BCUT2D eigenvalue weighted by atomic mass is 10.1. The van der Waals surface area contributed by atoms with Crippen LogP contribution < -0.4 is 4.74 Å². The van der Waals surface area contributed by atoms with Gasteiger partial charge in [0.2, 0.25) is 0 Å². The van der Waals surface area contributed by atoms with E-state index in [2.05, 4.69) is 4.74 Å². The number of Topliss-reactive ketones (excluding diaryl/α,β-unsaturated/α-hetero) is 1. The zero-order valence-corrected chi connectivity index (χ0v) is 11.3. The minimum Gasteiger partial charge on any atom is -0.494 e. The number of halogens is 4. The first-order valence-corrected chi connectivity index (χ1v) is 5.76. The van der Waals surface area contributed by atoms with Crippen LogP contribution >= 0.6 is 11.6 Å². The maximum atomic E-state index is 12.7. The highest BCUT2D eigenvalue weighted by atomic mass is 35.5. The molecule has 0 saturated heterocycles. The van der Waals surface area contributed by atoms with E-state index in [1.807, 2.05) is 0 Å². The Bertz CT molecular complexity index is 540. The van der Waals surface area contributed by atoms with Crippen LogP contribution in [-0.4, -0.2) is 25.5 Å². The van der Waals surface area contributed by atoms with Crippen molar-refractivity contribution in [2.45, 2.75) is 13.1 Å². The van der Waals surface area contributed by atoms with Crippen LogP contribution in [0.5, 0.6) is 5.75 Å². The normalized spacial score (nSPS) is 11.1. The Kier molecular flexibility index (Phi) is 4.99. The number of esters is 1. The van der Waals surface area contributed by atoms with Gasteiger partial charge in [0.15, 0.2) is 0 Å². The van der Waals surface area contributed by atoms with Crippen LogP contribution in [-0.2, 0) is 15.7 Å². The quantitative estimate of drug-likeness (QED) is 0.487. The van der Waals surface area contributed by atoms with E-state index in [1.54, 1.807) is 0 Å². The lowest BCUT2D eigenvalue weighted by Crippen LogP contribution is -2.19. The largest absolute Gasteiger partial charge is 0.494 e. The third-order valence-electron chi connectivity index (χ3n) is 2.28. The van der Waals surface area contributed by atoms with Crippen molar-refractivity contribution in [2.75, 3.05) is 13.7 Å². The summed E-state index contributed by atoms with van der Waals surface area (Å²) in [6.07, 6.45) is -4.71. The van der Waals surface area contributed by atoms with Crippen molar-refractivity contribution in [2.24, 2.45) is 0 Å². The fourth-order valence-corrected chi connectivity index (χ4v) is 1.74. The number of ketones is 1. The van der Waals surface area contributed by atoms with Gasteiger partial charge in [-0.25, -0.2) is 4.79 Å². The Balaban J connectivity index is 3.39. The summed E-state index contributed by atoms with van der Waals surface area (Å²) in [5.74, 6) is -2.84. The highest BCUT2D eigenvalue weighted by Gasteiger charge is 2.34. The van der Waals surface area contributed by atoms with Gasteiger partial charge in [-0.2, -0.15) is 13.2 Å². The molecule has 0 fully saturated rings. The Morgan fingerprint density at radius 2 is 1.90 bits per heavy atom. The van der Waals surface area contributed by atoms with Gasteiger partial charge in [0, 0.05) is 0 Å². The van der Waals surface area contributed by atoms with Crippen LogP contribution in [0, 0.1) is 0 Å². The highest BCUT2D eigenvalue weighted by Crippen LogP contribution is 2.37. The average molecular weight is 311 g/mol. The minimum absolute atomic E-state index is 0.0837. The number of carbonyl (C=O) groups excluding carboxylic acids is 2. The van der Waals surface area contributed by atoms with E-state index in [1.165, 1.54) is 6.92 Å². The summed E-state index contributed by atoms with van der Waals surface area (Å²) in [6.45, 7) is 1.38. The van der Waals surface area contributed by atoms with Gasteiger partial charge >= 0.3 is 12.1 Å². The Morgan fingerprint density at radius 1 is 1.30 bits per heavy atom. The van der Waals surface area contributed by atoms with Crippen LogP contribution in [0.2, 0.25) is 5.02 Å². The molecular formula is C12H10ClF3O4. The van der Waals surface area contributed by atoms with E-state index in [0.29, 0.717) is 12.1 Å². The Morgan fingerprint density at radius 3 is 2.35 bits per heavy atom. The molecular weight excluding hydrogens is 301 g/mol. The van der Waals surface area contributed by atoms with Crippen LogP contribution in [0.1, 0.15) is 22.8 Å². The molecule has 4 nitrogen and oxygen atoms in total. The molecule has 8 heteroatoms. The van der Waals surface area contributed by atoms with Crippen LogP contribution in [0.4, 0.5) is 13.2 Å². The maximum Gasteiger partial charge on any atom is 0.416 e. The summed E-state index contributed by atoms with van der Waals surface area (Å²) in [4.78, 5) is 23.1. The number of ether oxygens (including phenoxy) is 2. The lowest BCUT2D eigenvalue weighted by Gasteiger charge is -2.13. The fourth-order valence-electron chi connectivity index (χ4n) is 1.44. The number of methoxy groups -OCH3 is 1. The summed E-state index contributed by atoms with van der Waals surface area (Å²) in [5, 5.41) is -0.421. The average Bonchev–Trinajstić information content (AvgIpc) is 2.36. The van der Waals surface area contributed by atoms with Gasteiger partial charge in [-0.15, -0.1) is 0 Å². The van der Waals surface area contributed by atoms with E-state index in [9.17, 15) is 22.8 Å². The predicted octanol–water partition coefficient (Wildman–Crippen LogP) is 3.11. The number of carbonyl (C=O) groups is 2. The molecule has 0 spiro atoms. The minimum atomic E-state index is -4.71. The molecule has 0 bridgehead atoms. The van der Waals surface area contributed by atoms with Gasteiger partial charge in [0.1, 0.15) is 5.75 Å². The first kappa shape index (κ1) is 16.3. The van der Waals surface area contributed by atoms with Crippen LogP contribution in [0.3, 0.4) is 0 Å². The van der Waals surface area contributed by atoms with Gasteiger partial charge in [0.05, 0.1) is 29.9 Å². The van der Waals surface area contributed by atoms with E-state index in [4.69, 9.17) is 16.3 Å². The third-order valence-corrected chi connectivity index (χ3v) is 2.56. The number of alkyl halides is 3. The second-order valence-electron chi connectivity index (χ2n) is 3.59. The maximum absolute atomic E-state index is 12.7. The molecule has 0 aliphatic carbocycles. The monoisotopic (exact) mass is 310 g/mol. The molecule has 0 aromatic heterocycles. The molecule has 0 N–H and O–H groups in total.